The van der Waals surface area contributed by atoms with E-state index in [1.54, 1.807) is 0 Å². The van der Waals surface area contributed by atoms with Crippen LogP contribution in [0.2, 0.25) is 0 Å². The van der Waals surface area contributed by atoms with Crippen molar-refractivity contribution in [2.45, 2.75) is 36.5 Å². The van der Waals surface area contributed by atoms with Crippen LogP contribution in [0.3, 0.4) is 0 Å². The molecule has 0 aromatic carbocycles. The predicted molar refractivity (Wildman–Crippen MR) is 60.8 cm³/mol. The van der Waals surface area contributed by atoms with Crippen LogP contribution in [0.5, 0.6) is 0 Å². The van der Waals surface area contributed by atoms with Gasteiger partial charge in [-0.1, -0.05) is 58.5 Å². The lowest BCUT2D eigenvalue weighted by Gasteiger charge is -2.03. The molecule has 0 bridgehead atoms. The van der Waals surface area contributed by atoms with Crippen LogP contribution in [0.15, 0.2) is 0 Å². The fourth-order valence-electron chi connectivity index (χ4n) is 0.664. The van der Waals surface area contributed by atoms with Crippen LogP contribution in [-0.4, -0.2) is 8.35 Å². The largest absolute Gasteiger partial charge is 0.0864 e. The highest BCUT2D eigenvalue weighted by Crippen LogP contribution is 2.13. The Bertz CT molecular complexity index is 54.9. The maximum absolute atomic E-state index is 2.54. The first-order chi connectivity index (χ1) is 4.31. The highest BCUT2D eigenvalue weighted by Gasteiger charge is 1.97. The van der Waals surface area contributed by atoms with Crippen LogP contribution in [0.4, 0.5) is 0 Å². The minimum Gasteiger partial charge on any atom is -0.0864 e. The van der Waals surface area contributed by atoms with Crippen LogP contribution >= 0.6 is 45.2 Å². The first-order valence-corrected chi connectivity index (χ1v) is 6.28. The van der Waals surface area contributed by atoms with Gasteiger partial charge in [0.05, 0.1) is 0 Å². The van der Waals surface area contributed by atoms with Crippen molar-refractivity contribution < 1.29 is 0 Å². The SMILES string of the molecule is CCC(I)CCCCI. The fraction of sp³-hybridized carbons (Fsp3) is 1.00. The van der Waals surface area contributed by atoms with Gasteiger partial charge >= 0.3 is 0 Å². The normalized spacial score (nSPS) is 13.7. The van der Waals surface area contributed by atoms with Crippen molar-refractivity contribution in [1.82, 2.24) is 0 Å². The lowest BCUT2D eigenvalue weighted by molar-refractivity contribution is 0.693. The van der Waals surface area contributed by atoms with Gasteiger partial charge in [-0.05, 0) is 23.7 Å². The van der Waals surface area contributed by atoms with Crippen LogP contribution < -0.4 is 0 Å². The molecule has 2 heteroatoms. The molecule has 0 aromatic heterocycles. The summed E-state index contributed by atoms with van der Waals surface area (Å²) in [6.45, 7) is 2.27. The molecule has 0 saturated heterocycles. The second kappa shape index (κ2) is 7.57. The first-order valence-electron chi connectivity index (χ1n) is 3.51. The molecule has 0 aromatic rings. The molecule has 0 aliphatic rings. The summed E-state index contributed by atoms with van der Waals surface area (Å²) in [6, 6.07) is 0. The van der Waals surface area contributed by atoms with Crippen molar-refractivity contribution in [2.75, 3.05) is 4.43 Å². The van der Waals surface area contributed by atoms with Gasteiger partial charge in [0.15, 0.2) is 0 Å². The van der Waals surface area contributed by atoms with Crippen molar-refractivity contribution in [1.29, 1.82) is 0 Å². The predicted octanol–water partition coefficient (Wildman–Crippen LogP) is 3.81. The molecule has 0 saturated carbocycles. The van der Waals surface area contributed by atoms with E-state index in [9.17, 15) is 0 Å². The quantitative estimate of drug-likeness (QED) is 0.401. The lowest BCUT2D eigenvalue weighted by Crippen LogP contribution is -1.93. The van der Waals surface area contributed by atoms with E-state index in [1.165, 1.54) is 30.1 Å². The fourth-order valence-corrected chi connectivity index (χ4v) is 1.64. The second-order valence-electron chi connectivity index (χ2n) is 2.19. The number of unbranched alkanes of at least 4 members (excludes halogenated alkanes) is 1. The van der Waals surface area contributed by atoms with Crippen LogP contribution in [-0.2, 0) is 0 Å². The van der Waals surface area contributed by atoms with E-state index in [0.29, 0.717) is 0 Å². The average Bonchev–Trinajstić information content (AvgIpc) is 1.89. The average molecular weight is 352 g/mol. The Morgan fingerprint density at radius 1 is 1.33 bits per heavy atom. The summed E-state index contributed by atoms with van der Waals surface area (Å²) in [5, 5.41) is 0. The number of hydrogen-bond donors (Lipinski definition) is 0. The van der Waals surface area contributed by atoms with Gasteiger partial charge in [0.2, 0.25) is 0 Å². The van der Waals surface area contributed by atoms with Gasteiger partial charge in [0.25, 0.3) is 0 Å². The van der Waals surface area contributed by atoms with E-state index in [4.69, 9.17) is 0 Å². The van der Waals surface area contributed by atoms with Crippen LogP contribution in [0.25, 0.3) is 0 Å². The zero-order chi connectivity index (χ0) is 7.11. The number of alkyl halides is 2. The van der Waals surface area contributed by atoms with E-state index in [1.807, 2.05) is 0 Å². The first kappa shape index (κ1) is 10.5. The Hall–Kier alpha value is 1.46. The van der Waals surface area contributed by atoms with Gasteiger partial charge in [0, 0.05) is 3.92 Å². The molecular formula is C7H14I2. The zero-order valence-electron chi connectivity index (χ0n) is 5.87. The Morgan fingerprint density at radius 2 is 2.00 bits per heavy atom. The van der Waals surface area contributed by atoms with E-state index >= 15 is 0 Å². The lowest BCUT2D eigenvalue weighted by atomic mass is 10.2. The molecule has 0 heterocycles. The summed E-state index contributed by atoms with van der Waals surface area (Å²) in [6.07, 6.45) is 5.58. The Morgan fingerprint density at radius 3 is 2.44 bits per heavy atom. The highest BCUT2D eigenvalue weighted by atomic mass is 127. The molecule has 0 fully saturated rings. The Labute approximate surface area is 85.5 Å². The van der Waals surface area contributed by atoms with Crippen molar-refractivity contribution in [3.8, 4) is 0 Å². The van der Waals surface area contributed by atoms with Crippen molar-refractivity contribution in [3.05, 3.63) is 0 Å². The van der Waals surface area contributed by atoms with Gasteiger partial charge in [0.1, 0.15) is 0 Å². The summed E-state index contributed by atoms with van der Waals surface area (Å²) >= 11 is 4.99. The standard InChI is InChI=1S/C7H14I2/c1-2-7(9)5-3-4-6-8/h7H,2-6H2,1H3. The Balaban J connectivity index is 2.88. The number of halogens is 2. The van der Waals surface area contributed by atoms with Crippen molar-refractivity contribution in [2.24, 2.45) is 0 Å². The number of rotatable bonds is 5. The molecule has 9 heavy (non-hydrogen) atoms. The molecule has 0 nitrogen and oxygen atoms in total. The topological polar surface area (TPSA) is 0 Å². The second-order valence-corrected chi connectivity index (χ2v) is 5.03. The summed E-state index contributed by atoms with van der Waals surface area (Å²) in [7, 11) is 0. The zero-order valence-corrected chi connectivity index (χ0v) is 10.2. The summed E-state index contributed by atoms with van der Waals surface area (Å²) in [5.41, 5.74) is 0. The van der Waals surface area contributed by atoms with E-state index in [0.717, 1.165) is 3.92 Å². The minimum absolute atomic E-state index is 0.922. The molecular weight excluding hydrogens is 338 g/mol. The number of hydrogen-bond acceptors (Lipinski definition) is 0. The molecule has 56 valence electrons. The van der Waals surface area contributed by atoms with E-state index in [2.05, 4.69) is 52.1 Å². The van der Waals surface area contributed by atoms with Gasteiger partial charge < -0.3 is 0 Å². The van der Waals surface area contributed by atoms with Crippen LogP contribution in [0.1, 0.15) is 32.6 Å². The molecule has 0 aliphatic carbocycles. The molecule has 0 N–H and O–H groups in total. The summed E-state index contributed by atoms with van der Waals surface area (Å²) in [4.78, 5) is 0. The molecule has 1 unspecified atom stereocenters. The third kappa shape index (κ3) is 7.36. The van der Waals surface area contributed by atoms with Crippen LogP contribution in [0, 0.1) is 0 Å². The third-order valence-electron chi connectivity index (χ3n) is 1.34. The molecule has 0 rings (SSSR count). The van der Waals surface area contributed by atoms with Gasteiger partial charge in [-0.15, -0.1) is 0 Å². The summed E-state index contributed by atoms with van der Waals surface area (Å²) < 4.78 is 2.25. The van der Waals surface area contributed by atoms with Crippen molar-refractivity contribution in [3.63, 3.8) is 0 Å². The molecule has 1 atom stereocenters. The van der Waals surface area contributed by atoms with Gasteiger partial charge in [-0.2, -0.15) is 0 Å². The summed E-state index contributed by atoms with van der Waals surface area (Å²) in [5.74, 6) is 0. The molecule has 0 radical (unpaired) electrons. The maximum atomic E-state index is 2.54. The maximum Gasteiger partial charge on any atom is 0.0107 e. The highest BCUT2D eigenvalue weighted by molar-refractivity contribution is 14.1. The molecule has 0 aliphatic heterocycles. The Kier molecular flexibility index (Phi) is 8.79. The van der Waals surface area contributed by atoms with Gasteiger partial charge in [-0.25, -0.2) is 0 Å². The monoisotopic (exact) mass is 352 g/mol. The van der Waals surface area contributed by atoms with E-state index < -0.39 is 0 Å². The molecule has 0 spiro atoms. The smallest absolute Gasteiger partial charge is 0.0107 e. The van der Waals surface area contributed by atoms with Crippen molar-refractivity contribution >= 4 is 45.2 Å². The minimum atomic E-state index is 0.922. The van der Waals surface area contributed by atoms with E-state index in [-0.39, 0.29) is 0 Å². The van der Waals surface area contributed by atoms with Gasteiger partial charge in [-0.3, -0.25) is 0 Å². The molecule has 0 amide bonds. The third-order valence-corrected chi connectivity index (χ3v) is 3.61.